The van der Waals surface area contributed by atoms with Gasteiger partial charge in [0, 0.05) is 5.54 Å². The summed E-state index contributed by atoms with van der Waals surface area (Å²) in [5.41, 5.74) is 5.01. The van der Waals surface area contributed by atoms with Gasteiger partial charge in [-0.2, -0.15) is 5.48 Å². The summed E-state index contributed by atoms with van der Waals surface area (Å²) in [4.78, 5) is 5.80. The third-order valence-corrected chi connectivity index (χ3v) is 5.29. The van der Waals surface area contributed by atoms with Gasteiger partial charge in [0.05, 0.1) is 6.61 Å². The number of rotatable bonds is 4. The van der Waals surface area contributed by atoms with Gasteiger partial charge in [-0.15, -0.1) is 0 Å². The lowest BCUT2D eigenvalue weighted by atomic mass is 9.76. The van der Waals surface area contributed by atoms with Crippen LogP contribution in [0.5, 0.6) is 0 Å². The molecule has 4 fully saturated rings. The number of nitrogens with one attached hydrogen (secondary N) is 1. The van der Waals surface area contributed by atoms with Crippen molar-refractivity contribution >= 4 is 0 Å². The SMILES string of the molecule is c1ccc(CONC23CC4CC(C2)C(C4)C3)cc1. The first-order valence-electron chi connectivity index (χ1n) is 7.26. The second kappa shape index (κ2) is 4.07. The molecule has 18 heavy (non-hydrogen) atoms. The van der Waals surface area contributed by atoms with E-state index in [0.717, 1.165) is 17.8 Å². The minimum Gasteiger partial charge on any atom is -0.296 e. The van der Waals surface area contributed by atoms with Gasteiger partial charge in [-0.05, 0) is 55.4 Å². The van der Waals surface area contributed by atoms with Crippen molar-refractivity contribution in [1.82, 2.24) is 5.48 Å². The van der Waals surface area contributed by atoms with Crippen LogP contribution in [0.4, 0.5) is 0 Å². The minimum absolute atomic E-state index is 0.325. The van der Waals surface area contributed by atoms with Crippen molar-refractivity contribution in [2.24, 2.45) is 17.8 Å². The Bertz CT molecular complexity index is 410. The first-order valence-corrected chi connectivity index (χ1v) is 7.26. The number of hydrogen-bond acceptors (Lipinski definition) is 2. The zero-order valence-corrected chi connectivity index (χ0v) is 10.8. The highest BCUT2D eigenvalue weighted by Gasteiger charge is 2.56. The zero-order valence-electron chi connectivity index (χ0n) is 10.8. The molecule has 0 saturated heterocycles. The van der Waals surface area contributed by atoms with Crippen LogP contribution < -0.4 is 5.48 Å². The van der Waals surface area contributed by atoms with Crippen molar-refractivity contribution in [1.29, 1.82) is 0 Å². The van der Waals surface area contributed by atoms with Crippen LogP contribution in [0.25, 0.3) is 0 Å². The molecule has 0 amide bonds. The van der Waals surface area contributed by atoms with Crippen molar-refractivity contribution in [3.63, 3.8) is 0 Å². The third kappa shape index (κ3) is 1.79. The van der Waals surface area contributed by atoms with Gasteiger partial charge in [-0.25, -0.2) is 0 Å². The summed E-state index contributed by atoms with van der Waals surface area (Å²) in [6, 6.07) is 10.4. The molecule has 1 aromatic rings. The van der Waals surface area contributed by atoms with E-state index >= 15 is 0 Å². The summed E-state index contributed by atoms with van der Waals surface area (Å²) in [5.74, 6) is 2.98. The zero-order chi connectivity index (χ0) is 12.0. The highest BCUT2D eigenvalue weighted by Crippen LogP contribution is 2.59. The van der Waals surface area contributed by atoms with Crippen LogP contribution in [0.3, 0.4) is 0 Å². The molecule has 96 valence electrons. The third-order valence-electron chi connectivity index (χ3n) is 5.29. The highest BCUT2D eigenvalue weighted by atomic mass is 16.6. The Hall–Kier alpha value is -0.860. The summed E-state index contributed by atoms with van der Waals surface area (Å²) in [7, 11) is 0. The topological polar surface area (TPSA) is 21.3 Å². The molecule has 2 atom stereocenters. The summed E-state index contributed by atoms with van der Waals surface area (Å²) in [5, 5.41) is 0. The average molecular weight is 243 g/mol. The second-order valence-corrected chi connectivity index (χ2v) is 6.63. The van der Waals surface area contributed by atoms with E-state index in [2.05, 4.69) is 29.7 Å². The molecule has 4 saturated carbocycles. The second-order valence-electron chi connectivity index (χ2n) is 6.63. The molecule has 4 aliphatic rings. The lowest BCUT2D eigenvalue weighted by Gasteiger charge is -2.38. The molecule has 2 heteroatoms. The molecular weight excluding hydrogens is 222 g/mol. The fourth-order valence-corrected chi connectivity index (χ4v) is 4.78. The Labute approximate surface area is 109 Å². The molecular formula is C16H21NO. The normalized spacial score (nSPS) is 40.6. The molecule has 1 N–H and O–H groups in total. The maximum atomic E-state index is 5.80. The van der Waals surface area contributed by atoms with Gasteiger partial charge < -0.3 is 0 Å². The van der Waals surface area contributed by atoms with Crippen LogP contribution in [-0.2, 0) is 11.4 Å². The van der Waals surface area contributed by atoms with E-state index in [-0.39, 0.29) is 0 Å². The largest absolute Gasteiger partial charge is 0.296 e. The van der Waals surface area contributed by atoms with E-state index in [1.807, 2.05) is 6.07 Å². The Morgan fingerprint density at radius 2 is 1.78 bits per heavy atom. The van der Waals surface area contributed by atoms with Crippen molar-refractivity contribution < 1.29 is 4.84 Å². The van der Waals surface area contributed by atoms with Crippen molar-refractivity contribution in [3.8, 4) is 0 Å². The summed E-state index contributed by atoms with van der Waals surface area (Å²) < 4.78 is 0. The first-order chi connectivity index (χ1) is 8.83. The monoisotopic (exact) mass is 243 g/mol. The Morgan fingerprint density at radius 3 is 2.44 bits per heavy atom. The van der Waals surface area contributed by atoms with E-state index in [1.165, 1.54) is 37.7 Å². The lowest BCUT2D eigenvalue weighted by Crippen LogP contribution is -2.47. The number of hydroxylamine groups is 1. The quantitative estimate of drug-likeness (QED) is 0.819. The summed E-state index contributed by atoms with van der Waals surface area (Å²) in [6.07, 6.45) is 7.03. The highest BCUT2D eigenvalue weighted by molar-refractivity contribution is 5.13. The van der Waals surface area contributed by atoms with Gasteiger partial charge in [0.15, 0.2) is 0 Å². The molecule has 4 aliphatic carbocycles. The predicted molar refractivity (Wildman–Crippen MR) is 70.7 cm³/mol. The Kier molecular flexibility index (Phi) is 2.49. The summed E-state index contributed by atoms with van der Waals surface area (Å²) >= 11 is 0. The standard InChI is InChI=1S/C16H21NO/c1-2-4-12(5-3-1)11-18-17-16-8-13-6-14(9-16)15(7-13)10-16/h1-5,13-15,17H,6-11H2. The van der Waals surface area contributed by atoms with E-state index in [4.69, 9.17) is 4.84 Å². The molecule has 5 rings (SSSR count). The van der Waals surface area contributed by atoms with Crippen molar-refractivity contribution in [2.45, 2.75) is 44.2 Å². The molecule has 1 aromatic carbocycles. The minimum atomic E-state index is 0.325. The van der Waals surface area contributed by atoms with Gasteiger partial charge >= 0.3 is 0 Å². The molecule has 0 heterocycles. The fraction of sp³-hybridized carbons (Fsp3) is 0.625. The van der Waals surface area contributed by atoms with Crippen molar-refractivity contribution in [2.75, 3.05) is 0 Å². The average Bonchev–Trinajstić information content (AvgIpc) is 2.78. The maximum Gasteiger partial charge on any atom is 0.0933 e. The molecule has 4 bridgehead atoms. The van der Waals surface area contributed by atoms with Gasteiger partial charge in [0.2, 0.25) is 0 Å². The fourth-order valence-electron chi connectivity index (χ4n) is 4.78. The molecule has 0 radical (unpaired) electrons. The molecule has 2 nitrogen and oxygen atoms in total. The van der Waals surface area contributed by atoms with Crippen LogP contribution in [0.2, 0.25) is 0 Å². The lowest BCUT2D eigenvalue weighted by molar-refractivity contribution is -0.0532. The Balaban J connectivity index is 1.36. The van der Waals surface area contributed by atoms with E-state index in [0.29, 0.717) is 12.1 Å². The van der Waals surface area contributed by atoms with E-state index < -0.39 is 0 Å². The van der Waals surface area contributed by atoms with Gasteiger partial charge in [0.25, 0.3) is 0 Å². The molecule has 2 unspecified atom stereocenters. The van der Waals surface area contributed by atoms with Crippen LogP contribution in [0.1, 0.15) is 37.7 Å². The number of benzene rings is 1. The van der Waals surface area contributed by atoms with Gasteiger partial charge in [-0.3, -0.25) is 4.84 Å². The Morgan fingerprint density at radius 1 is 1.06 bits per heavy atom. The molecule has 0 aliphatic heterocycles. The smallest absolute Gasteiger partial charge is 0.0933 e. The van der Waals surface area contributed by atoms with Gasteiger partial charge in [0.1, 0.15) is 0 Å². The first kappa shape index (κ1) is 11.0. The van der Waals surface area contributed by atoms with Crippen LogP contribution in [0.15, 0.2) is 30.3 Å². The maximum absolute atomic E-state index is 5.80. The van der Waals surface area contributed by atoms with E-state index in [9.17, 15) is 0 Å². The van der Waals surface area contributed by atoms with Crippen LogP contribution >= 0.6 is 0 Å². The van der Waals surface area contributed by atoms with Crippen molar-refractivity contribution in [3.05, 3.63) is 35.9 Å². The molecule has 0 aromatic heterocycles. The molecule has 0 spiro atoms. The van der Waals surface area contributed by atoms with Crippen LogP contribution in [0, 0.1) is 17.8 Å². The van der Waals surface area contributed by atoms with Crippen LogP contribution in [-0.4, -0.2) is 5.54 Å². The number of hydrogen-bond donors (Lipinski definition) is 1. The predicted octanol–water partition coefficient (Wildman–Crippen LogP) is 3.29. The van der Waals surface area contributed by atoms with E-state index in [1.54, 1.807) is 0 Å². The summed E-state index contributed by atoms with van der Waals surface area (Å²) in [6.45, 7) is 0.683. The van der Waals surface area contributed by atoms with Gasteiger partial charge in [-0.1, -0.05) is 30.3 Å².